The van der Waals surface area contributed by atoms with Gasteiger partial charge in [-0.25, -0.2) is 9.00 Å². The molecule has 0 aromatic heterocycles. The van der Waals surface area contributed by atoms with Crippen LogP contribution in [0.1, 0.15) is 55.9 Å². The van der Waals surface area contributed by atoms with Crippen molar-refractivity contribution in [1.82, 2.24) is 9.62 Å². The second-order valence-electron chi connectivity index (χ2n) is 9.46. The molecule has 1 aromatic rings. The Hall–Kier alpha value is -1.40. The predicted molar refractivity (Wildman–Crippen MR) is 110 cm³/mol. The van der Waals surface area contributed by atoms with Crippen molar-refractivity contribution < 1.29 is 9.00 Å². The molecule has 2 amide bonds. The molecule has 3 aliphatic rings. The normalized spacial score (nSPS) is 20.7. The first-order valence-electron chi connectivity index (χ1n) is 10.2. The van der Waals surface area contributed by atoms with Crippen LogP contribution in [0.15, 0.2) is 6.07 Å². The summed E-state index contributed by atoms with van der Waals surface area (Å²) in [6.45, 7) is 9.20. The van der Waals surface area contributed by atoms with E-state index in [1.165, 1.54) is 22.3 Å². The zero-order valence-corrected chi connectivity index (χ0v) is 17.5. The first-order valence-corrected chi connectivity index (χ1v) is 11.4. The highest BCUT2D eigenvalue weighted by molar-refractivity contribution is 7.84. The van der Waals surface area contributed by atoms with Gasteiger partial charge >= 0.3 is 6.03 Å². The maximum atomic E-state index is 12.5. The molecule has 0 saturated carbocycles. The zero-order chi connectivity index (χ0) is 19.2. The zero-order valence-electron chi connectivity index (χ0n) is 16.7. The van der Waals surface area contributed by atoms with Crippen molar-refractivity contribution in [3.05, 3.63) is 28.3 Å². The van der Waals surface area contributed by atoms with Gasteiger partial charge in [-0.1, -0.05) is 26.8 Å². The predicted octanol–water partition coefficient (Wildman–Crippen LogP) is 3.18. The topological polar surface area (TPSA) is 61.4 Å². The summed E-state index contributed by atoms with van der Waals surface area (Å²) in [5.41, 5.74) is 6.64. The van der Waals surface area contributed by atoms with Crippen molar-refractivity contribution in [2.75, 3.05) is 25.0 Å². The molecule has 2 N–H and O–H groups in total. The van der Waals surface area contributed by atoms with Gasteiger partial charge in [0, 0.05) is 25.3 Å². The lowest BCUT2D eigenvalue weighted by molar-refractivity contribution is 0.130. The van der Waals surface area contributed by atoms with Crippen LogP contribution in [0, 0.1) is 5.41 Å². The molecule has 5 nitrogen and oxygen atoms in total. The van der Waals surface area contributed by atoms with E-state index in [9.17, 15) is 9.00 Å². The van der Waals surface area contributed by atoms with Crippen LogP contribution in [-0.2, 0) is 36.7 Å². The lowest BCUT2D eigenvalue weighted by Crippen LogP contribution is -2.57. The number of carbonyl (C=O) groups excluding carboxylic acids is 1. The van der Waals surface area contributed by atoms with E-state index in [-0.39, 0.29) is 16.7 Å². The average Bonchev–Trinajstić information content (AvgIpc) is 3.17. The molecule has 27 heavy (non-hydrogen) atoms. The van der Waals surface area contributed by atoms with Crippen LogP contribution in [0.4, 0.5) is 10.5 Å². The lowest BCUT2D eigenvalue weighted by Gasteiger charge is -2.41. The van der Waals surface area contributed by atoms with E-state index in [0.29, 0.717) is 0 Å². The number of urea groups is 1. The second-order valence-corrected chi connectivity index (χ2v) is 10.9. The molecular formula is C21H31N3O2S. The van der Waals surface area contributed by atoms with E-state index in [1.807, 2.05) is 0 Å². The van der Waals surface area contributed by atoms with Gasteiger partial charge in [-0.3, -0.25) is 4.72 Å². The van der Waals surface area contributed by atoms with Crippen LogP contribution >= 0.6 is 0 Å². The van der Waals surface area contributed by atoms with Gasteiger partial charge in [0.2, 0.25) is 0 Å². The van der Waals surface area contributed by atoms with Gasteiger partial charge < -0.3 is 10.2 Å². The molecule has 6 heteroatoms. The molecule has 1 heterocycles. The monoisotopic (exact) mass is 389 g/mol. The Kier molecular flexibility index (Phi) is 5.06. The lowest BCUT2D eigenvalue weighted by atomic mass is 9.94. The third-order valence-electron chi connectivity index (χ3n) is 5.83. The molecule has 1 fully saturated rings. The Bertz CT molecular complexity index is 746. The number of fused-ring (bicyclic) bond motifs is 2. The Morgan fingerprint density at radius 1 is 1.11 bits per heavy atom. The van der Waals surface area contributed by atoms with Crippen molar-refractivity contribution in [2.45, 2.75) is 64.5 Å². The van der Waals surface area contributed by atoms with Gasteiger partial charge in [0.15, 0.2) is 0 Å². The van der Waals surface area contributed by atoms with E-state index in [0.717, 1.165) is 63.8 Å². The van der Waals surface area contributed by atoms with Crippen LogP contribution in [0.5, 0.6) is 0 Å². The smallest absolute Gasteiger partial charge is 0.307 e. The minimum absolute atomic E-state index is 0.0327. The first-order chi connectivity index (χ1) is 12.8. The number of carbonyl (C=O) groups is 1. The average molecular weight is 390 g/mol. The molecule has 2 aliphatic carbocycles. The SMILES string of the molecule is CC(C)(C)CN1CC(S(=O)NC(=O)Nc2c3c(cc4c2CCC4)CCC3)C1. The van der Waals surface area contributed by atoms with Crippen LogP contribution in [-0.4, -0.2) is 40.0 Å². The van der Waals surface area contributed by atoms with Crippen molar-refractivity contribution >= 4 is 22.7 Å². The molecule has 0 spiro atoms. The fraction of sp³-hybridized carbons (Fsp3) is 0.667. The van der Waals surface area contributed by atoms with Gasteiger partial charge in [0.05, 0.1) is 5.25 Å². The summed E-state index contributed by atoms with van der Waals surface area (Å²) < 4.78 is 15.2. The van der Waals surface area contributed by atoms with E-state index in [4.69, 9.17) is 0 Å². The first kappa shape index (κ1) is 18.9. The van der Waals surface area contributed by atoms with E-state index in [1.54, 1.807) is 0 Å². The molecule has 1 unspecified atom stereocenters. The number of nitrogens with one attached hydrogen (secondary N) is 2. The van der Waals surface area contributed by atoms with Gasteiger partial charge in [0.1, 0.15) is 11.0 Å². The number of anilines is 1. The second kappa shape index (κ2) is 7.21. The fourth-order valence-electron chi connectivity index (χ4n) is 4.74. The Labute approximate surface area is 164 Å². The van der Waals surface area contributed by atoms with E-state index >= 15 is 0 Å². The van der Waals surface area contributed by atoms with Crippen LogP contribution in [0.3, 0.4) is 0 Å². The molecule has 0 bridgehead atoms. The van der Waals surface area contributed by atoms with Crippen LogP contribution in [0.25, 0.3) is 0 Å². The summed E-state index contributed by atoms with van der Waals surface area (Å²) in [5.74, 6) is 0. The maximum Gasteiger partial charge on any atom is 0.331 e. The number of likely N-dealkylation sites (tertiary alicyclic amines) is 1. The van der Waals surface area contributed by atoms with Crippen molar-refractivity contribution in [3.63, 3.8) is 0 Å². The highest BCUT2D eigenvalue weighted by Gasteiger charge is 2.34. The summed E-state index contributed by atoms with van der Waals surface area (Å²) in [6, 6.07) is 2.03. The largest absolute Gasteiger partial charge is 0.331 e. The van der Waals surface area contributed by atoms with Crippen LogP contribution < -0.4 is 10.0 Å². The van der Waals surface area contributed by atoms with Crippen molar-refractivity contribution in [3.8, 4) is 0 Å². The third kappa shape index (κ3) is 4.06. The van der Waals surface area contributed by atoms with E-state index < -0.39 is 11.0 Å². The summed E-state index contributed by atoms with van der Waals surface area (Å²) in [6.07, 6.45) is 6.60. The summed E-state index contributed by atoms with van der Waals surface area (Å²) in [7, 11) is -1.33. The van der Waals surface area contributed by atoms with Crippen molar-refractivity contribution in [2.24, 2.45) is 5.41 Å². The molecule has 0 radical (unpaired) electrons. The molecule has 148 valence electrons. The van der Waals surface area contributed by atoms with E-state index in [2.05, 4.69) is 41.8 Å². The van der Waals surface area contributed by atoms with Crippen LogP contribution in [0.2, 0.25) is 0 Å². The molecule has 1 aromatic carbocycles. The maximum absolute atomic E-state index is 12.5. The fourth-order valence-corrected chi connectivity index (χ4v) is 5.83. The quantitative estimate of drug-likeness (QED) is 0.831. The molecule has 1 atom stereocenters. The van der Waals surface area contributed by atoms with Crippen molar-refractivity contribution in [1.29, 1.82) is 0 Å². The minimum Gasteiger partial charge on any atom is -0.307 e. The minimum atomic E-state index is -1.33. The number of aryl methyl sites for hydroxylation is 2. The number of hydrogen-bond donors (Lipinski definition) is 2. The molecular weight excluding hydrogens is 358 g/mol. The standard InChI is InChI=1S/C21H31N3O2S/c1-21(2,3)13-24-11-16(12-24)27(26)23-20(25)22-19-17-8-4-6-14(17)10-15-7-5-9-18(15)19/h10,16H,4-9,11-13H2,1-3H3,(H2,22,23,25). The number of rotatable bonds is 4. The summed E-state index contributed by atoms with van der Waals surface area (Å²) >= 11 is 0. The highest BCUT2D eigenvalue weighted by atomic mass is 32.2. The third-order valence-corrected chi connectivity index (χ3v) is 7.12. The van der Waals surface area contributed by atoms with Gasteiger partial charge in [-0.15, -0.1) is 0 Å². The Morgan fingerprint density at radius 3 is 2.26 bits per heavy atom. The summed E-state index contributed by atoms with van der Waals surface area (Å²) in [5, 5.41) is 3.10. The van der Waals surface area contributed by atoms with Gasteiger partial charge in [-0.05, 0) is 66.2 Å². The number of nitrogens with zero attached hydrogens (tertiary/aromatic N) is 1. The van der Waals surface area contributed by atoms with Gasteiger partial charge in [-0.2, -0.15) is 0 Å². The highest BCUT2D eigenvalue weighted by Crippen LogP contribution is 2.38. The number of benzene rings is 1. The van der Waals surface area contributed by atoms with Gasteiger partial charge in [0.25, 0.3) is 0 Å². The summed E-state index contributed by atoms with van der Waals surface area (Å²) in [4.78, 5) is 14.9. The molecule has 1 aliphatic heterocycles. The number of amides is 2. The molecule has 1 saturated heterocycles. The molecule has 4 rings (SSSR count). The Morgan fingerprint density at radius 2 is 1.70 bits per heavy atom. The Balaban J connectivity index is 1.37. The number of hydrogen-bond acceptors (Lipinski definition) is 3.